The van der Waals surface area contributed by atoms with E-state index in [0.29, 0.717) is 18.2 Å². The van der Waals surface area contributed by atoms with Gasteiger partial charge in [-0.15, -0.1) is 0 Å². The summed E-state index contributed by atoms with van der Waals surface area (Å²) in [6.45, 7) is 1.33. The highest BCUT2D eigenvalue weighted by molar-refractivity contribution is 7.80. The lowest BCUT2D eigenvalue weighted by Crippen LogP contribution is -2.34. The normalized spacial score (nSPS) is 10.2. The Bertz CT molecular complexity index is 550. The van der Waals surface area contributed by atoms with E-state index in [9.17, 15) is 0 Å². The maximum atomic E-state index is 5.83. The smallest absolute Gasteiger partial charge is 0.166 e. The van der Waals surface area contributed by atoms with Crippen molar-refractivity contribution in [3.63, 3.8) is 0 Å². The highest BCUT2D eigenvalue weighted by Gasteiger charge is 2.00. The van der Waals surface area contributed by atoms with Crippen molar-refractivity contribution in [1.29, 1.82) is 0 Å². The molecular formula is C13H15ClN4S. The second kappa shape index (κ2) is 6.54. The maximum absolute atomic E-state index is 5.83. The Morgan fingerprint density at radius 3 is 2.53 bits per heavy atom. The number of halogens is 1. The number of nitrogens with zero attached hydrogens (tertiary/aromatic N) is 2. The molecule has 1 aromatic heterocycles. The molecular weight excluding hydrogens is 280 g/mol. The molecule has 6 heteroatoms. The number of thiocarbonyl (C=S) groups is 1. The van der Waals surface area contributed by atoms with Crippen LogP contribution in [0.15, 0.2) is 36.5 Å². The molecule has 0 bridgehead atoms. The van der Waals surface area contributed by atoms with Crippen LogP contribution in [0.3, 0.4) is 0 Å². The summed E-state index contributed by atoms with van der Waals surface area (Å²) in [5, 5.41) is 11.7. The minimum Gasteiger partial charge on any atom is -0.359 e. The average molecular weight is 295 g/mol. The molecule has 100 valence electrons. The van der Waals surface area contributed by atoms with E-state index in [1.54, 1.807) is 6.20 Å². The lowest BCUT2D eigenvalue weighted by atomic mass is 10.2. The quantitative estimate of drug-likeness (QED) is 0.849. The van der Waals surface area contributed by atoms with E-state index in [4.69, 9.17) is 23.8 Å². The van der Waals surface area contributed by atoms with E-state index in [-0.39, 0.29) is 0 Å². The molecule has 0 atom stereocenters. The molecule has 4 nitrogen and oxygen atoms in total. The fourth-order valence-electron chi connectivity index (χ4n) is 1.59. The van der Waals surface area contributed by atoms with Crippen LogP contribution in [0.2, 0.25) is 5.02 Å². The molecule has 1 heterocycles. The Labute approximate surface area is 122 Å². The van der Waals surface area contributed by atoms with Gasteiger partial charge in [-0.3, -0.25) is 4.68 Å². The van der Waals surface area contributed by atoms with E-state index in [1.807, 2.05) is 42.1 Å². The summed E-state index contributed by atoms with van der Waals surface area (Å²) in [6.07, 6.45) is 1.77. The van der Waals surface area contributed by atoms with E-state index in [2.05, 4.69) is 15.7 Å². The van der Waals surface area contributed by atoms with Crippen molar-refractivity contribution in [3.05, 3.63) is 52.8 Å². The number of hydrogen-bond acceptors (Lipinski definition) is 2. The third-order valence-corrected chi connectivity index (χ3v) is 3.26. The SMILES string of the molecule is Cn1nccc1CNC(=S)NCc1ccc(Cl)cc1. The zero-order valence-electron chi connectivity index (χ0n) is 10.6. The summed E-state index contributed by atoms with van der Waals surface area (Å²) in [7, 11) is 1.90. The van der Waals surface area contributed by atoms with Gasteiger partial charge in [-0.1, -0.05) is 23.7 Å². The van der Waals surface area contributed by atoms with Gasteiger partial charge in [-0.05, 0) is 36.0 Å². The first-order chi connectivity index (χ1) is 9.15. The lowest BCUT2D eigenvalue weighted by Gasteiger charge is -2.10. The van der Waals surface area contributed by atoms with Crippen molar-refractivity contribution in [2.75, 3.05) is 0 Å². The van der Waals surface area contributed by atoms with Crippen LogP contribution in [0.4, 0.5) is 0 Å². The van der Waals surface area contributed by atoms with Gasteiger partial charge >= 0.3 is 0 Å². The Kier molecular flexibility index (Phi) is 4.76. The van der Waals surface area contributed by atoms with Gasteiger partial charge in [-0.25, -0.2) is 0 Å². The molecule has 0 unspecified atom stereocenters. The average Bonchev–Trinajstić information content (AvgIpc) is 2.81. The van der Waals surface area contributed by atoms with Crippen LogP contribution in [-0.2, 0) is 20.1 Å². The summed E-state index contributed by atoms with van der Waals surface area (Å²) in [5.74, 6) is 0. The van der Waals surface area contributed by atoms with Gasteiger partial charge in [0.25, 0.3) is 0 Å². The van der Waals surface area contributed by atoms with Crippen molar-refractivity contribution in [2.24, 2.45) is 7.05 Å². The number of benzene rings is 1. The summed E-state index contributed by atoms with van der Waals surface area (Å²) >= 11 is 11.0. The van der Waals surface area contributed by atoms with E-state index in [1.165, 1.54) is 0 Å². The van der Waals surface area contributed by atoms with Gasteiger partial charge in [0.1, 0.15) is 0 Å². The molecule has 0 saturated heterocycles. The van der Waals surface area contributed by atoms with Crippen molar-refractivity contribution >= 4 is 28.9 Å². The minimum atomic E-state index is 0.621. The largest absolute Gasteiger partial charge is 0.359 e. The number of rotatable bonds is 4. The Hall–Kier alpha value is -1.59. The van der Waals surface area contributed by atoms with E-state index in [0.717, 1.165) is 16.3 Å². The highest BCUT2D eigenvalue weighted by atomic mass is 35.5. The first kappa shape index (κ1) is 13.8. The van der Waals surface area contributed by atoms with E-state index < -0.39 is 0 Å². The molecule has 0 saturated carbocycles. The fraction of sp³-hybridized carbons (Fsp3) is 0.231. The predicted octanol–water partition coefficient (Wildman–Crippen LogP) is 2.24. The molecule has 2 N–H and O–H groups in total. The van der Waals surface area contributed by atoms with Gasteiger partial charge < -0.3 is 10.6 Å². The molecule has 0 aliphatic carbocycles. The molecule has 19 heavy (non-hydrogen) atoms. The van der Waals surface area contributed by atoms with Gasteiger partial charge in [0.05, 0.1) is 12.2 Å². The number of aromatic nitrogens is 2. The highest BCUT2D eigenvalue weighted by Crippen LogP contribution is 2.09. The number of hydrogen-bond donors (Lipinski definition) is 2. The zero-order chi connectivity index (χ0) is 13.7. The molecule has 0 aliphatic heterocycles. The number of nitrogens with one attached hydrogen (secondary N) is 2. The van der Waals surface area contributed by atoms with Crippen LogP contribution in [0.1, 0.15) is 11.3 Å². The van der Waals surface area contributed by atoms with Crippen LogP contribution >= 0.6 is 23.8 Å². The molecule has 0 spiro atoms. The molecule has 0 fully saturated rings. The second-order valence-corrected chi connectivity index (χ2v) is 4.95. The zero-order valence-corrected chi connectivity index (χ0v) is 12.1. The molecule has 0 amide bonds. The monoisotopic (exact) mass is 294 g/mol. The first-order valence-electron chi connectivity index (χ1n) is 5.88. The van der Waals surface area contributed by atoms with Crippen molar-refractivity contribution in [1.82, 2.24) is 20.4 Å². The summed E-state index contributed by atoms with van der Waals surface area (Å²) < 4.78 is 1.81. The summed E-state index contributed by atoms with van der Waals surface area (Å²) in [6, 6.07) is 9.63. The van der Waals surface area contributed by atoms with Crippen LogP contribution < -0.4 is 10.6 Å². The molecule has 1 aromatic carbocycles. The van der Waals surface area contributed by atoms with Crippen molar-refractivity contribution < 1.29 is 0 Å². The van der Waals surface area contributed by atoms with Crippen LogP contribution in [0, 0.1) is 0 Å². The third-order valence-electron chi connectivity index (χ3n) is 2.72. The maximum Gasteiger partial charge on any atom is 0.166 e. The van der Waals surface area contributed by atoms with Crippen LogP contribution in [0.25, 0.3) is 0 Å². The summed E-state index contributed by atoms with van der Waals surface area (Å²) in [5.41, 5.74) is 2.21. The minimum absolute atomic E-state index is 0.621. The van der Waals surface area contributed by atoms with Crippen LogP contribution in [-0.4, -0.2) is 14.9 Å². The summed E-state index contributed by atoms with van der Waals surface area (Å²) in [4.78, 5) is 0. The lowest BCUT2D eigenvalue weighted by molar-refractivity contribution is 0.688. The van der Waals surface area contributed by atoms with Gasteiger partial charge in [-0.2, -0.15) is 5.10 Å². The van der Waals surface area contributed by atoms with Crippen LogP contribution in [0.5, 0.6) is 0 Å². The van der Waals surface area contributed by atoms with E-state index >= 15 is 0 Å². The first-order valence-corrected chi connectivity index (χ1v) is 6.67. The van der Waals surface area contributed by atoms with Gasteiger partial charge in [0.2, 0.25) is 0 Å². The van der Waals surface area contributed by atoms with Crippen molar-refractivity contribution in [3.8, 4) is 0 Å². The van der Waals surface area contributed by atoms with Crippen molar-refractivity contribution in [2.45, 2.75) is 13.1 Å². The molecule has 0 aliphatic rings. The predicted molar refractivity (Wildman–Crippen MR) is 80.9 cm³/mol. The number of aryl methyl sites for hydroxylation is 1. The molecule has 2 rings (SSSR count). The third kappa shape index (κ3) is 4.22. The Morgan fingerprint density at radius 1 is 1.21 bits per heavy atom. The van der Waals surface area contributed by atoms with Gasteiger partial charge in [0.15, 0.2) is 5.11 Å². The standard InChI is InChI=1S/C13H15ClN4S/c1-18-12(6-7-17-18)9-16-13(19)15-8-10-2-4-11(14)5-3-10/h2-7H,8-9H2,1H3,(H2,15,16,19). The topological polar surface area (TPSA) is 41.9 Å². The molecule has 2 aromatic rings. The fourth-order valence-corrected chi connectivity index (χ4v) is 1.86. The Morgan fingerprint density at radius 2 is 1.89 bits per heavy atom. The Balaban J connectivity index is 1.76. The van der Waals surface area contributed by atoms with Gasteiger partial charge in [0, 0.05) is 24.8 Å². The second-order valence-electron chi connectivity index (χ2n) is 4.11. The molecule has 0 radical (unpaired) electrons.